The van der Waals surface area contributed by atoms with Crippen molar-refractivity contribution in [3.63, 3.8) is 0 Å². The van der Waals surface area contributed by atoms with Crippen LogP contribution in [0.5, 0.6) is 0 Å². The number of hydrogen-bond donors (Lipinski definition) is 0. The lowest BCUT2D eigenvalue weighted by molar-refractivity contribution is 0.212. The summed E-state index contributed by atoms with van der Waals surface area (Å²) < 4.78 is 41.2. The Morgan fingerprint density at radius 2 is 2.07 bits per heavy atom. The number of hydrazine groups is 1. The molecule has 1 saturated heterocycles. The molecule has 0 aromatic heterocycles. The maximum Gasteiger partial charge on any atom is 0.153 e. The zero-order valence-corrected chi connectivity index (χ0v) is 16.8. The molecular weight excluding hydrogens is 367 g/mol. The molecule has 1 aliphatic heterocycles. The number of anilines is 1. The van der Waals surface area contributed by atoms with E-state index in [9.17, 15) is 13.2 Å². The minimum absolute atomic E-state index is 0.116. The molecule has 1 fully saturated rings. The fourth-order valence-corrected chi connectivity index (χ4v) is 3.33. The highest BCUT2D eigenvalue weighted by molar-refractivity contribution is 5.78. The van der Waals surface area contributed by atoms with E-state index in [0.717, 1.165) is 18.1 Å². The van der Waals surface area contributed by atoms with Gasteiger partial charge in [0, 0.05) is 31.4 Å². The van der Waals surface area contributed by atoms with Crippen molar-refractivity contribution in [2.75, 3.05) is 18.8 Å². The number of aliphatic imine (C=N–C) groups is 1. The summed E-state index contributed by atoms with van der Waals surface area (Å²) in [4.78, 5) is 5.82. The maximum atomic E-state index is 14.4. The predicted octanol–water partition coefficient (Wildman–Crippen LogP) is 4.38. The highest BCUT2D eigenvalue weighted by Gasteiger charge is 2.47. The van der Waals surface area contributed by atoms with E-state index in [4.69, 9.17) is 0 Å². The van der Waals surface area contributed by atoms with Gasteiger partial charge in [0.1, 0.15) is 11.5 Å². The summed E-state index contributed by atoms with van der Waals surface area (Å²) in [7, 11) is 1.76. The Hall–Kier alpha value is -2.19. The van der Waals surface area contributed by atoms with Crippen LogP contribution >= 0.6 is 0 Å². The predicted molar refractivity (Wildman–Crippen MR) is 108 cm³/mol. The summed E-state index contributed by atoms with van der Waals surface area (Å²) in [5.41, 5.74) is 0.836. The van der Waals surface area contributed by atoms with E-state index in [0.29, 0.717) is 13.1 Å². The molecule has 0 spiro atoms. The van der Waals surface area contributed by atoms with Crippen LogP contribution in [0.4, 0.5) is 18.9 Å². The molecule has 5 nitrogen and oxygen atoms in total. The van der Waals surface area contributed by atoms with Crippen molar-refractivity contribution in [3.8, 4) is 0 Å². The Bertz CT molecular complexity index is 735. The SMILES string of the molecule is C=N/C=C(C)/C=N\N(c1ccc(F)cc1F)N(C)CN1C(CC)C1CC(C)F. The van der Waals surface area contributed by atoms with Gasteiger partial charge in [0.15, 0.2) is 5.82 Å². The second kappa shape index (κ2) is 9.84. The highest BCUT2D eigenvalue weighted by atomic mass is 19.1. The van der Waals surface area contributed by atoms with Crippen molar-refractivity contribution in [1.82, 2.24) is 9.91 Å². The molecule has 0 N–H and O–H groups in total. The highest BCUT2D eigenvalue weighted by Crippen LogP contribution is 2.35. The second-order valence-electron chi connectivity index (χ2n) is 7.06. The number of rotatable bonds is 10. The first-order chi connectivity index (χ1) is 13.3. The molecule has 4 unspecified atom stereocenters. The number of nitrogens with zero attached hydrogens (tertiary/aromatic N) is 5. The Morgan fingerprint density at radius 1 is 1.36 bits per heavy atom. The number of alkyl halides is 1. The van der Waals surface area contributed by atoms with Crippen molar-refractivity contribution in [3.05, 3.63) is 41.6 Å². The van der Waals surface area contributed by atoms with E-state index in [1.807, 2.05) is 0 Å². The molecule has 0 amide bonds. The quantitative estimate of drug-likeness (QED) is 0.335. The monoisotopic (exact) mass is 395 g/mol. The van der Waals surface area contributed by atoms with Crippen LogP contribution in [0.1, 0.15) is 33.6 Å². The van der Waals surface area contributed by atoms with Crippen LogP contribution in [0.15, 0.2) is 40.1 Å². The molecular formula is C20H28F3N5. The molecule has 28 heavy (non-hydrogen) atoms. The molecule has 154 valence electrons. The maximum absolute atomic E-state index is 14.4. The molecule has 1 aliphatic rings. The van der Waals surface area contributed by atoms with Crippen LogP contribution in [0, 0.1) is 11.6 Å². The van der Waals surface area contributed by atoms with Gasteiger partial charge < -0.3 is 0 Å². The number of hydrogen-bond acceptors (Lipinski definition) is 5. The van der Waals surface area contributed by atoms with Crippen LogP contribution in [-0.4, -0.2) is 54.8 Å². The lowest BCUT2D eigenvalue weighted by Crippen LogP contribution is -2.40. The van der Waals surface area contributed by atoms with Crippen LogP contribution in [0.3, 0.4) is 0 Å². The molecule has 0 bridgehead atoms. The van der Waals surface area contributed by atoms with Gasteiger partial charge in [-0.05, 0) is 51.1 Å². The fourth-order valence-electron chi connectivity index (χ4n) is 3.33. The number of halogens is 3. The van der Waals surface area contributed by atoms with Crippen LogP contribution < -0.4 is 5.12 Å². The van der Waals surface area contributed by atoms with Crippen molar-refractivity contribution < 1.29 is 13.2 Å². The van der Waals surface area contributed by atoms with Crippen molar-refractivity contribution in [2.45, 2.75) is 51.9 Å². The fraction of sp³-hybridized carbons (Fsp3) is 0.500. The summed E-state index contributed by atoms with van der Waals surface area (Å²) in [6.45, 7) is 9.23. The Labute approximate surface area is 164 Å². The van der Waals surface area contributed by atoms with Crippen LogP contribution in [0.25, 0.3) is 0 Å². The average Bonchev–Trinajstić information content (AvgIpc) is 3.26. The summed E-state index contributed by atoms with van der Waals surface area (Å²) in [6, 6.07) is 3.78. The Balaban J connectivity index is 2.23. The van der Waals surface area contributed by atoms with Crippen molar-refractivity contribution >= 4 is 18.6 Å². The van der Waals surface area contributed by atoms with Crippen LogP contribution in [-0.2, 0) is 0 Å². The molecule has 1 aromatic rings. The normalized spacial score (nSPS) is 23.3. The first kappa shape index (κ1) is 22.1. The second-order valence-corrected chi connectivity index (χ2v) is 7.06. The zero-order chi connectivity index (χ0) is 20.8. The van der Waals surface area contributed by atoms with Crippen molar-refractivity contribution in [1.29, 1.82) is 0 Å². The summed E-state index contributed by atoms with van der Waals surface area (Å²) >= 11 is 0. The van der Waals surface area contributed by atoms with Crippen molar-refractivity contribution in [2.24, 2.45) is 10.1 Å². The van der Waals surface area contributed by atoms with Crippen LogP contribution in [0.2, 0.25) is 0 Å². The van der Waals surface area contributed by atoms with E-state index in [1.54, 1.807) is 25.9 Å². The Kier molecular flexibility index (Phi) is 7.77. The van der Waals surface area contributed by atoms with E-state index in [2.05, 4.69) is 28.6 Å². The largest absolute Gasteiger partial charge is 0.280 e. The molecule has 0 aliphatic carbocycles. The van der Waals surface area contributed by atoms with Gasteiger partial charge in [-0.1, -0.05) is 6.92 Å². The van der Waals surface area contributed by atoms with Gasteiger partial charge in [0.05, 0.1) is 19.1 Å². The van der Waals surface area contributed by atoms with Gasteiger partial charge in [-0.15, -0.1) is 0 Å². The topological polar surface area (TPSA) is 34.2 Å². The molecule has 0 saturated carbocycles. The standard InChI is InChI=1S/C20H28F3N5/c1-6-18-20(9-15(3)21)27(18)13-26(5)28(25-12-14(2)11-24-4)19-8-7-16(22)10-17(19)23/h7-8,10-12,15,18,20H,4,6,9,13H2,1-3,5H3/b14-11+,25-12-. The van der Waals surface area contributed by atoms with Gasteiger partial charge in [-0.2, -0.15) is 15.2 Å². The number of allylic oxidation sites excluding steroid dienone is 1. The summed E-state index contributed by atoms with van der Waals surface area (Å²) in [5.74, 6) is -1.38. The summed E-state index contributed by atoms with van der Waals surface area (Å²) in [6.07, 6.45) is 3.55. The van der Waals surface area contributed by atoms with Gasteiger partial charge in [-0.25, -0.2) is 13.2 Å². The minimum atomic E-state index is -0.878. The molecule has 1 heterocycles. The molecule has 2 rings (SSSR count). The zero-order valence-electron chi connectivity index (χ0n) is 16.8. The minimum Gasteiger partial charge on any atom is -0.280 e. The first-order valence-corrected chi connectivity index (χ1v) is 9.31. The third kappa shape index (κ3) is 5.65. The number of benzene rings is 1. The van der Waals surface area contributed by atoms with Gasteiger partial charge in [0.2, 0.25) is 0 Å². The molecule has 0 radical (unpaired) electrons. The van der Waals surface area contributed by atoms with E-state index in [1.165, 1.54) is 29.7 Å². The van der Waals surface area contributed by atoms with E-state index >= 15 is 0 Å². The molecule has 1 aromatic carbocycles. The van der Waals surface area contributed by atoms with Gasteiger partial charge in [0.25, 0.3) is 0 Å². The average molecular weight is 395 g/mol. The third-order valence-corrected chi connectivity index (χ3v) is 4.67. The summed E-state index contributed by atoms with van der Waals surface area (Å²) in [5, 5.41) is 7.42. The van der Waals surface area contributed by atoms with Gasteiger partial charge >= 0.3 is 0 Å². The Morgan fingerprint density at radius 3 is 2.64 bits per heavy atom. The van der Waals surface area contributed by atoms with Gasteiger partial charge in [-0.3, -0.25) is 9.89 Å². The lowest BCUT2D eigenvalue weighted by Gasteiger charge is -2.30. The van der Waals surface area contributed by atoms with E-state index in [-0.39, 0.29) is 17.8 Å². The molecule has 8 heteroatoms. The molecule has 4 atom stereocenters. The lowest BCUT2D eigenvalue weighted by atomic mass is 10.1. The number of hydrazone groups is 1. The third-order valence-electron chi connectivity index (χ3n) is 4.67. The smallest absolute Gasteiger partial charge is 0.153 e. The van der Waals surface area contributed by atoms with E-state index < -0.39 is 17.8 Å². The first-order valence-electron chi connectivity index (χ1n) is 9.31.